The van der Waals surface area contributed by atoms with Gasteiger partial charge in [-0.1, -0.05) is 30.7 Å². The topological polar surface area (TPSA) is 58.6 Å². The Labute approximate surface area is 142 Å². The SMILES string of the molecule is CCC(CO)(CNC(=O)OC(C)(C)C)Cc1cccc(F)c1Cl. The number of hydrogen-bond donors (Lipinski definition) is 2. The highest BCUT2D eigenvalue weighted by atomic mass is 35.5. The molecular formula is C17H25ClFNO3. The number of aliphatic hydroxyl groups excluding tert-OH is 1. The number of benzene rings is 1. The number of nitrogens with one attached hydrogen (secondary N) is 1. The maximum atomic E-state index is 13.6. The van der Waals surface area contributed by atoms with Crippen LogP contribution in [0.5, 0.6) is 0 Å². The van der Waals surface area contributed by atoms with Crippen molar-refractivity contribution in [2.24, 2.45) is 5.41 Å². The van der Waals surface area contributed by atoms with E-state index in [0.29, 0.717) is 18.4 Å². The Morgan fingerprint density at radius 3 is 2.57 bits per heavy atom. The van der Waals surface area contributed by atoms with Gasteiger partial charge in [0, 0.05) is 12.0 Å². The number of halogens is 2. The first-order chi connectivity index (χ1) is 10.6. The lowest BCUT2D eigenvalue weighted by molar-refractivity contribution is 0.0461. The quantitative estimate of drug-likeness (QED) is 0.821. The molecule has 23 heavy (non-hydrogen) atoms. The van der Waals surface area contributed by atoms with E-state index in [1.165, 1.54) is 6.07 Å². The summed E-state index contributed by atoms with van der Waals surface area (Å²) in [5.74, 6) is -0.493. The lowest BCUT2D eigenvalue weighted by Crippen LogP contribution is -2.43. The first kappa shape index (κ1) is 19.7. The second-order valence-electron chi connectivity index (χ2n) is 6.76. The summed E-state index contributed by atoms with van der Waals surface area (Å²) in [5.41, 5.74) is -0.619. The van der Waals surface area contributed by atoms with Crippen molar-refractivity contribution in [3.05, 3.63) is 34.6 Å². The van der Waals surface area contributed by atoms with Crippen LogP contribution in [-0.2, 0) is 11.2 Å². The zero-order chi connectivity index (χ0) is 17.7. The minimum absolute atomic E-state index is 0.0519. The third-order valence-electron chi connectivity index (χ3n) is 3.69. The summed E-state index contributed by atoms with van der Waals surface area (Å²) in [6.07, 6.45) is 0.396. The molecule has 1 rings (SSSR count). The molecule has 0 saturated heterocycles. The van der Waals surface area contributed by atoms with Gasteiger partial charge in [0.15, 0.2) is 0 Å². The molecule has 1 aromatic carbocycles. The molecule has 0 radical (unpaired) electrons. The van der Waals surface area contributed by atoms with Crippen molar-refractivity contribution < 1.29 is 19.0 Å². The first-order valence-electron chi connectivity index (χ1n) is 7.63. The minimum atomic E-state index is -0.631. The van der Waals surface area contributed by atoms with Crippen LogP contribution >= 0.6 is 11.6 Å². The van der Waals surface area contributed by atoms with E-state index in [-0.39, 0.29) is 18.2 Å². The van der Waals surface area contributed by atoms with Crippen LogP contribution in [0.3, 0.4) is 0 Å². The Balaban J connectivity index is 2.83. The molecule has 1 atom stereocenters. The molecule has 0 aliphatic carbocycles. The van der Waals surface area contributed by atoms with Crippen molar-refractivity contribution in [2.45, 2.75) is 46.1 Å². The van der Waals surface area contributed by atoms with Crippen molar-refractivity contribution in [2.75, 3.05) is 13.2 Å². The van der Waals surface area contributed by atoms with Gasteiger partial charge < -0.3 is 15.2 Å². The molecule has 1 aromatic rings. The van der Waals surface area contributed by atoms with Gasteiger partial charge in [0.2, 0.25) is 0 Å². The number of hydrogen-bond acceptors (Lipinski definition) is 3. The molecule has 1 amide bonds. The number of carbonyl (C=O) groups is 1. The van der Waals surface area contributed by atoms with E-state index in [1.54, 1.807) is 32.9 Å². The van der Waals surface area contributed by atoms with Crippen molar-refractivity contribution in [1.82, 2.24) is 5.32 Å². The van der Waals surface area contributed by atoms with E-state index in [2.05, 4.69) is 5.32 Å². The van der Waals surface area contributed by atoms with Crippen molar-refractivity contribution >= 4 is 17.7 Å². The van der Waals surface area contributed by atoms with Crippen molar-refractivity contribution in [1.29, 1.82) is 0 Å². The number of rotatable bonds is 6. The Morgan fingerprint density at radius 1 is 1.39 bits per heavy atom. The highest BCUT2D eigenvalue weighted by Crippen LogP contribution is 2.30. The molecule has 0 spiro atoms. The minimum Gasteiger partial charge on any atom is -0.444 e. The lowest BCUT2D eigenvalue weighted by Gasteiger charge is -2.32. The molecule has 0 saturated carbocycles. The van der Waals surface area contributed by atoms with Crippen LogP contribution < -0.4 is 5.32 Å². The largest absolute Gasteiger partial charge is 0.444 e. The molecule has 4 nitrogen and oxygen atoms in total. The maximum Gasteiger partial charge on any atom is 0.407 e. The molecule has 0 heterocycles. The van der Waals surface area contributed by atoms with E-state index in [9.17, 15) is 14.3 Å². The summed E-state index contributed by atoms with van der Waals surface area (Å²) < 4.78 is 18.8. The van der Waals surface area contributed by atoms with E-state index >= 15 is 0 Å². The number of amides is 1. The Kier molecular flexibility index (Phi) is 6.84. The smallest absolute Gasteiger partial charge is 0.407 e. The van der Waals surface area contributed by atoms with E-state index in [4.69, 9.17) is 16.3 Å². The summed E-state index contributed by atoms with van der Waals surface area (Å²) in [4.78, 5) is 11.8. The highest BCUT2D eigenvalue weighted by Gasteiger charge is 2.30. The fourth-order valence-corrected chi connectivity index (χ4v) is 2.39. The van der Waals surface area contributed by atoms with Gasteiger partial charge in [-0.2, -0.15) is 0 Å². The zero-order valence-corrected chi connectivity index (χ0v) is 14.8. The van der Waals surface area contributed by atoms with Gasteiger partial charge in [-0.3, -0.25) is 0 Å². The van der Waals surface area contributed by atoms with Gasteiger partial charge in [0.05, 0.1) is 11.6 Å². The van der Waals surface area contributed by atoms with Crippen LogP contribution in [0, 0.1) is 11.2 Å². The molecule has 1 unspecified atom stereocenters. The third-order valence-corrected chi connectivity index (χ3v) is 4.11. The van der Waals surface area contributed by atoms with Crippen LogP contribution in [0.15, 0.2) is 18.2 Å². The van der Waals surface area contributed by atoms with Gasteiger partial charge in [0.1, 0.15) is 11.4 Å². The standard InChI is InChI=1S/C17H25ClFNO3/c1-5-17(11-21,10-20-15(22)23-16(2,3)4)9-12-7-6-8-13(19)14(12)18/h6-8,21H,5,9-11H2,1-4H3,(H,20,22). The zero-order valence-electron chi connectivity index (χ0n) is 14.1. The first-order valence-corrected chi connectivity index (χ1v) is 8.01. The number of alkyl carbamates (subject to hydrolysis) is 1. The van der Waals surface area contributed by atoms with Crippen molar-refractivity contribution in [3.63, 3.8) is 0 Å². The molecule has 0 bridgehead atoms. The van der Waals surface area contributed by atoms with Crippen LogP contribution in [0.4, 0.5) is 9.18 Å². The second-order valence-corrected chi connectivity index (χ2v) is 7.13. The third kappa shape index (κ3) is 5.99. The highest BCUT2D eigenvalue weighted by molar-refractivity contribution is 6.31. The summed E-state index contributed by atoms with van der Waals surface area (Å²) in [6.45, 7) is 7.28. The fraction of sp³-hybridized carbons (Fsp3) is 0.588. The monoisotopic (exact) mass is 345 g/mol. The molecule has 0 aliphatic heterocycles. The Bertz CT molecular complexity index is 539. The molecule has 6 heteroatoms. The molecule has 0 aliphatic rings. The normalized spacial score (nSPS) is 14.2. The van der Waals surface area contributed by atoms with E-state index < -0.39 is 22.9 Å². The van der Waals surface area contributed by atoms with Crippen LogP contribution in [0.1, 0.15) is 39.7 Å². The van der Waals surface area contributed by atoms with Gasteiger partial charge in [-0.15, -0.1) is 0 Å². The van der Waals surface area contributed by atoms with Gasteiger partial charge in [0.25, 0.3) is 0 Å². The molecule has 2 N–H and O–H groups in total. The molecule has 0 fully saturated rings. The summed E-state index contributed by atoms with van der Waals surface area (Å²) in [5, 5.41) is 12.5. The molecule has 130 valence electrons. The van der Waals surface area contributed by atoms with E-state index in [0.717, 1.165) is 0 Å². The number of carbonyl (C=O) groups excluding carboxylic acids is 1. The molecular weight excluding hydrogens is 321 g/mol. The summed E-state index contributed by atoms with van der Waals surface area (Å²) in [6, 6.07) is 4.59. The van der Waals surface area contributed by atoms with Gasteiger partial charge in [-0.25, -0.2) is 9.18 Å². The van der Waals surface area contributed by atoms with Crippen LogP contribution in [-0.4, -0.2) is 30.0 Å². The number of ether oxygens (including phenoxy) is 1. The maximum absolute atomic E-state index is 13.6. The van der Waals surface area contributed by atoms with E-state index in [1.807, 2.05) is 6.92 Å². The Morgan fingerprint density at radius 2 is 2.04 bits per heavy atom. The average Bonchev–Trinajstić information content (AvgIpc) is 2.46. The predicted molar refractivity (Wildman–Crippen MR) is 89.2 cm³/mol. The van der Waals surface area contributed by atoms with Crippen LogP contribution in [0.25, 0.3) is 0 Å². The van der Waals surface area contributed by atoms with Crippen LogP contribution in [0.2, 0.25) is 5.02 Å². The summed E-state index contributed by atoms with van der Waals surface area (Å²) >= 11 is 5.99. The fourth-order valence-electron chi connectivity index (χ4n) is 2.20. The summed E-state index contributed by atoms with van der Waals surface area (Å²) in [7, 11) is 0. The van der Waals surface area contributed by atoms with Crippen molar-refractivity contribution in [3.8, 4) is 0 Å². The van der Waals surface area contributed by atoms with Gasteiger partial charge in [-0.05, 0) is 45.2 Å². The number of aliphatic hydroxyl groups is 1. The predicted octanol–water partition coefficient (Wildman–Crippen LogP) is 3.94. The average molecular weight is 346 g/mol. The van der Waals surface area contributed by atoms with Gasteiger partial charge >= 0.3 is 6.09 Å². The second kappa shape index (κ2) is 7.97. The molecule has 0 aromatic heterocycles. The lowest BCUT2D eigenvalue weighted by atomic mass is 9.79. The Hall–Kier alpha value is -1.33.